The second-order valence-corrected chi connectivity index (χ2v) is 7.52. The third kappa shape index (κ3) is 3.85. The van der Waals surface area contributed by atoms with Crippen molar-refractivity contribution in [2.24, 2.45) is 0 Å². The molecule has 0 saturated carbocycles. The first-order chi connectivity index (χ1) is 15.2. The highest BCUT2D eigenvalue weighted by molar-refractivity contribution is 5.63. The maximum absolute atomic E-state index is 11.0. The number of nitrogens with zero attached hydrogens (tertiary/aromatic N) is 3. The molecule has 0 saturated heterocycles. The lowest BCUT2D eigenvalue weighted by Crippen LogP contribution is -2.00. The van der Waals surface area contributed by atoms with Crippen molar-refractivity contribution >= 4 is 5.65 Å². The van der Waals surface area contributed by atoms with Crippen LogP contribution in [-0.2, 0) is 12.8 Å². The first-order valence-electron chi connectivity index (χ1n) is 10.1. The number of phenols is 1. The van der Waals surface area contributed by atoms with Gasteiger partial charge in [0, 0.05) is 24.6 Å². The van der Waals surface area contributed by atoms with Gasteiger partial charge in [-0.15, -0.1) is 0 Å². The Morgan fingerprint density at radius 1 is 0.645 bits per heavy atom. The van der Waals surface area contributed by atoms with Gasteiger partial charge in [0.1, 0.15) is 11.4 Å². The van der Waals surface area contributed by atoms with Crippen LogP contribution < -0.4 is 0 Å². The fourth-order valence-electron chi connectivity index (χ4n) is 3.72. The van der Waals surface area contributed by atoms with E-state index < -0.39 is 0 Å². The van der Waals surface area contributed by atoms with Gasteiger partial charge in [-0.3, -0.25) is 4.40 Å². The van der Waals surface area contributed by atoms with E-state index in [0.717, 1.165) is 28.1 Å². The molecule has 0 radical (unpaired) electrons. The summed E-state index contributed by atoms with van der Waals surface area (Å²) in [7, 11) is 0. The van der Waals surface area contributed by atoms with Crippen molar-refractivity contribution in [3.05, 3.63) is 114 Å². The number of hydrogen-bond donors (Lipinski definition) is 2. The van der Waals surface area contributed by atoms with E-state index in [9.17, 15) is 10.2 Å². The summed E-state index contributed by atoms with van der Waals surface area (Å²) in [5, 5.41) is 20.5. The van der Waals surface area contributed by atoms with Gasteiger partial charge in [0.05, 0.1) is 11.4 Å². The van der Waals surface area contributed by atoms with Crippen LogP contribution in [0.5, 0.6) is 11.6 Å². The molecule has 0 aliphatic carbocycles. The summed E-state index contributed by atoms with van der Waals surface area (Å²) < 4.78 is 1.73. The molecular weight excluding hydrogens is 386 g/mol. The van der Waals surface area contributed by atoms with Gasteiger partial charge in [0.2, 0.25) is 5.88 Å². The summed E-state index contributed by atoms with van der Waals surface area (Å²) in [6.45, 7) is 0. The van der Waals surface area contributed by atoms with Crippen molar-refractivity contribution in [3.8, 4) is 22.9 Å². The Kier molecular flexibility index (Phi) is 4.84. The van der Waals surface area contributed by atoms with Crippen LogP contribution in [0.4, 0.5) is 0 Å². The number of fused-ring (bicyclic) bond motifs is 1. The van der Waals surface area contributed by atoms with E-state index in [4.69, 9.17) is 9.97 Å². The summed E-state index contributed by atoms with van der Waals surface area (Å²) in [5.74, 6) is 0.321. The summed E-state index contributed by atoms with van der Waals surface area (Å²) in [5.41, 5.74) is 5.87. The number of rotatable bonds is 5. The minimum atomic E-state index is 0.108. The van der Waals surface area contributed by atoms with Crippen LogP contribution in [0.2, 0.25) is 0 Å². The lowest BCUT2D eigenvalue weighted by atomic mass is 10.1. The molecule has 0 bridgehead atoms. The Bertz CT molecular complexity index is 1330. The molecule has 152 valence electrons. The van der Waals surface area contributed by atoms with E-state index in [2.05, 4.69) is 12.1 Å². The third-order valence-corrected chi connectivity index (χ3v) is 5.31. The molecule has 5 rings (SSSR count). The highest BCUT2D eigenvalue weighted by atomic mass is 16.3. The molecule has 0 aliphatic rings. The molecule has 0 amide bonds. The molecule has 2 heterocycles. The zero-order chi connectivity index (χ0) is 21.2. The number of benzene rings is 3. The predicted molar refractivity (Wildman–Crippen MR) is 120 cm³/mol. The van der Waals surface area contributed by atoms with Crippen LogP contribution in [0.15, 0.2) is 91.1 Å². The smallest absolute Gasteiger partial charge is 0.219 e. The first-order valence-corrected chi connectivity index (χ1v) is 10.1. The van der Waals surface area contributed by atoms with Gasteiger partial charge >= 0.3 is 0 Å². The molecule has 5 nitrogen and oxygen atoms in total. The van der Waals surface area contributed by atoms with Crippen LogP contribution in [0, 0.1) is 0 Å². The van der Waals surface area contributed by atoms with Gasteiger partial charge in [-0.05, 0) is 23.3 Å². The molecule has 0 spiro atoms. The molecule has 2 aromatic heterocycles. The standard InChI is InChI=1S/C26H21N3O2/c30-21-13-11-19(12-14-21)16-23-26(31)29-17-24(20-9-5-2-6-10-20)27-22(25(29)28-23)15-18-7-3-1-4-8-18/h1-14,17,30-31H,15-16H2. The second kappa shape index (κ2) is 7.95. The Morgan fingerprint density at radius 3 is 1.97 bits per heavy atom. The number of phenolic OH excluding ortho intramolecular Hbond substituents is 1. The van der Waals surface area contributed by atoms with Gasteiger partial charge in [-0.1, -0.05) is 72.8 Å². The number of aromatic nitrogens is 3. The van der Waals surface area contributed by atoms with Gasteiger partial charge in [-0.25, -0.2) is 9.97 Å². The number of aromatic hydroxyl groups is 2. The largest absolute Gasteiger partial charge is 0.508 e. The van der Waals surface area contributed by atoms with Crippen LogP contribution in [0.25, 0.3) is 16.9 Å². The quantitative estimate of drug-likeness (QED) is 0.431. The fourth-order valence-corrected chi connectivity index (χ4v) is 3.72. The molecule has 3 aromatic carbocycles. The maximum atomic E-state index is 11.0. The zero-order valence-corrected chi connectivity index (χ0v) is 16.8. The molecule has 31 heavy (non-hydrogen) atoms. The minimum absolute atomic E-state index is 0.108. The summed E-state index contributed by atoms with van der Waals surface area (Å²) in [4.78, 5) is 9.66. The van der Waals surface area contributed by atoms with E-state index in [1.165, 1.54) is 0 Å². The van der Waals surface area contributed by atoms with Crippen molar-refractivity contribution in [1.29, 1.82) is 0 Å². The van der Waals surface area contributed by atoms with Crippen molar-refractivity contribution < 1.29 is 10.2 Å². The molecule has 5 heteroatoms. The molecule has 0 fully saturated rings. The van der Waals surface area contributed by atoms with E-state index in [1.54, 1.807) is 16.5 Å². The number of imidazole rings is 1. The van der Waals surface area contributed by atoms with Gasteiger partial charge in [0.25, 0.3) is 0 Å². The summed E-state index contributed by atoms with van der Waals surface area (Å²) in [6, 6.07) is 27.0. The minimum Gasteiger partial charge on any atom is -0.508 e. The normalized spacial score (nSPS) is 11.1. The van der Waals surface area contributed by atoms with Crippen molar-refractivity contribution in [2.75, 3.05) is 0 Å². The van der Waals surface area contributed by atoms with E-state index >= 15 is 0 Å². The van der Waals surface area contributed by atoms with Crippen molar-refractivity contribution in [1.82, 2.24) is 14.4 Å². The first kappa shape index (κ1) is 18.9. The summed E-state index contributed by atoms with van der Waals surface area (Å²) in [6.07, 6.45) is 2.90. The maximum Gasteiger partial charge on any atom is 0.219 e. The topological polar surface area (TPSA) is 70.7 Å². The van der Waals surface area contributed by atoms with Gasteiger partial charge in [-0.2, -0.15) is 0 Å². The molecule has 2 N–H and O–H groups in total. The Morgan fingerprint density at radius 2 is 1.26 bits per heavy atom. The average Bonchev–Trinajstić information content (AvgIpc) is 3.12. The van der Waals surface area contributed by atoms with Crippen LogP contribution in [0.3, 0.4) is 0 Å². The molecule has 0 atom stereocenters. The SMILES string of the molecule is Oc1ccc(Cc2nc3c(Cc4ccccc4)nc(-c4ccccc4)cn3c2O)cc1. The lowest BCUT2D eigenvalue weighted by Gasteiger charge is -2.08. The van der Waals surface area contributed by atoms with Crippen molar-refractivity contribution in [3.63, 3.8) is 0 Å². The average molecular weight is 407 g/mol. The highest BCUT2D eigenvalue weighted by Gasteiger charge is 2.18. The highest BCUT2D eigenvalue weighted by Crippen LogP contribution is 2.28. The molecule has 0 unspecified atom stereocenters. The van der Waals surface area contributed by atoms with E-state index in [1.807, 2.05) is 66.9 Å². The number of hydrogen-bond acceptors (Lipinski definition) is 4. The molecule has 0 aliphatic heterocycles. The second-order valence-electron chi connectivity index (χ2n) is 7.52. The van der Waals surface area contributed by atoms with Gasteiger partial charge < -0.3 is 10.2 Å². The third-order valence-electron chi connectivity index (χ3n) is 5.31. The Labute approximate surface area is 179 Å². The van der Waals surface area contributed by atoms with Gasteiger partial charge in [0.15, 0.2) is 5.65 Å². The van der Waals surface area contributed by atoms with E-state index in [0.29, 0.717) is 24.2 Å². The Hall–Kier alpha value is -4.12. The van der Waals surface area contributed by atoms with Crippen LogP contribution >= 0.6 is 0 Å². The molecular formula is C26H21N3O2. The summed E-state index contributed by atoms with van der Waals surface area (Å²) >= 11 is 0. The van der Waals surface area contributed by atoms with Crippen LogP contribution in [-0.4, -0.2) is 24.6 Å². The predicted octanol–water partition coefficient (Wildman–Crippen LogP) is 4.99. The van der Waals surface area contributed by atoms with E-state index in [-0.39, 0.29) is 11.6 Å². The lowest BCUT2D eigenvalue weighted by molar-refractivity contribution is 0.442. The zero-order valence-electron chi connectivity index (χ0n) is 16.8. The molecule has 5 aromatic rings. The Balaban J connectivity index is 1.64. The van der Waals surface area contributed by atoms with Crippen LogP contribution in [0.1, 0.15) is 22.5 Å². The fraction of sp³-hybridized carbons (Fsp3) is 0.0769. The van der Waals surface area contributed by atoms with Crippen molar-refractivity contribution in [2.45, 2.75) is 12.8 Å². The monoisotopic (exact) mass is 407 g/mol.